The molecule has 114 valence electrons. The first kappa shape index (κ1) is 14.5. The van der Waals surface area contributed by atoms with Crippen molar-refractivity contribution in [3.63, 3.8) is 0 Å². The summed E-state index contributed by atoms with van der Waals surface area (Å²) in [6.45, 7) is 4.99. The smallest absolute Gasteiger partial charge is 0.237 e. The highest BCUT2D eigenvalue weighted by molar-refractivity contribution is 5.79. The Kier molecular flexibility index (Phi) is 4.56. The van der Waals surface area contributed by atoms with Gasteiger partial charge < -0.3 is 15.0 Å². The average Bonchev–Trinajstić information content (AvgIpc) is 3.01. The number of benzene rings is 1. The molecule has 3 rings (SSSR count). The first-order valence-corrected chi connectivity index (χ1v) is 7.95. The quantitative estimate of drug-likeness (QED) is 0.920. The number of hydrogen-bond acceptors (Lipinski definition) is 3. The summed E-state index contributed by atoms with van der Waals surface area (Å²) in [5.41, 5.74) is 2.66. The largest absolute Gasteiger partial charge is 0.377 e. The molecule has 0 aromatic heterocycles. The van der Waals surface area contributed by atoms with Crippen molar-refractivity contribution in [3.05, 3.63) is 35.4 Å². The minimum Gasteiger partial charge on any atom is -0.377 e. The van der Waals surface area contributed by atoms with Crippen molar-refractivity contribution >= 4 is 5.91 Å². The number of ether oxygens (including phenoxy) is 1. The number of carbonyl (C=O) groups excluding carboxylic acids is 1. The minimum atomic E-state index is 0.173. The summed E-state index contributed by atoms with van der Waals surface area (Å²) in [6, 6.07) is 8.61. The van der Waals surface area contributed by atoms with Crippen LogP contribution >= 0.6 is 0 Å². The van der Waals surface area contributed by atoms with Gasteiger partial charge in [0.25, 0.3) is 0 Å². The predicted molar refractivity (Wildman–Crippen MR) is 82.1 cm³/mol. The van der Waals surface area contributed by atoms with E-state index in [-0.39, 0.29) is 18.1 Å². The van der Waals surface area contributed by atoms with E-state index in [9.17, 15) is 4.79 Å². The molecule has 4 heteroatoms. The van der Waals surface area contributed by atoms with Gasteiger partial charge in [0.15, 0.2) is 0 Å². The van der Waals surface area contributed by atoms with Gasteiger partial charge in [-0.25, -0.2) is 0 Å². The molecule has 0 unspecified atom stereocenters. The fourth-order valence-electron chi connectivity index (χ4n) is 3.36. The molecule has 2 heterocycles. The van der Waals surface area contributed by atoms with Gasteiger partial charge in [0.1, 0.15) is 0 Å². The lowest BCUT2D eigenvalue weighted by molar-refractivity contribution is -0.132. The lowest BCUT2D eigenvalue weighted by atomic mass is 9.93. The number of rotatable bonds is 4. The Morgan fingerprint density at radius 2 is 2.29 bits per heavy atom. The highest BCUT2D eigenvalue weighted by atomic mass is 16.5. The second-order valence-electron chi connectivity index (χ2n) is 5.98. The van der Waals surface area contributed by atoms with E-state index in [0.29, 0.717) is 6.54 Å². The third-order valence-electron chi connectivity index (χ3n) is 4.59. The molecule has 0 aliphatic carbocycles. The van der Waals surface area contributed by atoms with E-state index >= 15 is 0 Å². The van der Waals surface area contributed by atoms with Crippen LogP contribution in [0.25, 0.3) is 0 Å². The summed E-state index contributed by atoms with van der Waals surface area (Å²) < 4.78 is 5.56. The molecule has 0 spiro atoms. The molecule has 1 amide bonds. The summed E-state index contributed by atoms with van der Waals surface area (Å²) in [4.78, 5) is 14.4. The summed E-state index contributed by atoms with van der Waals surface area (Å²) in [5.74, 6) is 0.190. The van der Waals surface area contributed by atoms with Crippen LogP contribution in [0, 0.1) is 0 Å². The maximum absolute atomic E-state index is 12.4. The van der Waals surface area contributed by atoms with E-state index in [1.165, 1.54) is 11.1 Å². The molecule has 1 aromatic rings. The zero-order valence-corrected chi connectivity index (χ0v) is 12.7. The molecule has 2 atom stereocenters. The summed E-state index contributed by atoms with van der Waals surface area (Å²) in [7, 11) is 0. The molecule has 2 aliphatic rings. The van der Waals surface area contributed by atoms with Gasteiger partial charge in [-0.05, 0) is 37.3 Å². The lowest BCUT2D eigenvalue weighted by Gasteiger charge is -2.35. The average molecular weight is 288 g/mol. The molecule has 2 aliphatic heterocycles. The van der Waals surface area contributed by atoms with Crippen LogP contribution in [0.4, 0.5) is 0 Å². The van der Waals surface area contributed by atoms with Gasteiger partial charge in [-0.2, -0.15) is 0 Å². The molecule has 21 heavy (non-hydrogen) atoms. The van der Waals surface area contributed by atoms with Gasteiger partial charge in [-0.3, -0.25) is 4.79 Å². The van der Waals surface area contributed by atoms with Crippen LogP contribution in [-0.4, -0.2) is 43.2 Å². The Morgan fingerprint density at radius 1 is 1.43 bits per heavy atom. The summed E-state index contributed by atoms with van der Waals surface area (Å²) in [5, 5.41) is 3.25. The molecule has 1 fully saturated rings. The topological polar surface area (TPSA) is 41.6 Å². The Balaban J connectivity index is 1.53. The third-order valence-corrected chi connectivity index (χ3v) is 4.59. The molecule has 1 saturated heterocycles. The van der Waals surface area contributed by atoms with Crippen LogP contribution in [0.3, 0.4) is 0 Å². The molecule has 0 radical (unpaired) electrons. The van der Waals surface area contributed by atoms with Crippen LogP contribution in [0.5, 0.6) is 0 Å². The van der Waals surface area contributed by atoms with Crippen molar-refractivity contribution in [1.29, 1.82) is 0 Å². The van der Waals surface area contributed by atoms with Gasteiger partial charge in [-0.15, -0.1) is 0 Å². The van der Waals surface area contributed by atoms with Gasteiger partial charge in [-0.1, -0.05) is 24.3 Å². The van der Waals surface area contributed by atoms with Crippen molar-refractivity contribution in [2.24, 2.45) is 0 Å². The number of carbonyl (C=O) groups is 1. The Hall–Kier alpha value is -1.39. The second kappa shape index (κ2) is 6.58. The van der Waals surface area contributed by atoms with E-state index in [1.807, 2.05) is 4.90 Å². The fourth-order valence-corrected chi connectivity index (χ4v) is 3.36. The summed E-state index contributed by atoms with van der Waals surface area (Å²) in [6.07, 6.45) is 3.49. The number of amides is 1. The zero-order valence-electron chi connectivity index (χ0n) is 12.7. The van der Waals surface area contributed by atoms with Crippen molar-refractivity contribution < 1.29 is 9.53 Å². The normalized spacial score (nSPS) is 24.9. The molecule has 0 bridgehead atoms. The highest BCUT2D eigenvalue weighted by Gasteiger charge is 2.27. The lowest BCUT2D eigenvalue weighted by Crippen LogP contribution is -2.44. The number of nitrogens with one attached hydrogen (secondary N) is 1. The second-order valence-corrected chi connectivity index (χ2v) is 5.98. The standard InChI is InChI=1S/C17H24N2O2/c1-13-16-7-3-2-5-14(16)8-9-19(13)17(20)12-18-11-15-6-4-10-21-15/h2-3,5,7,13,15,18H,4,6,8-12H2,1H3/t13-,15+/m1/s1. The Morgan fingerprint density at radius 3 is 3.10 bits per heavy atom. The van der Waals surface area contributed by atoms with E-state index < -0.39 is 0 Å². The third kappa shape index (κ3) is 3.27. The van der Waals surface area contributed by atoms with Crippen molar-refractivity contribution in [3.8, 4) is 0 Å². The van der Waals surface area contributed by atoms with Crippen LogP contribution in [0.15, 0.2) is 24.3 Å². The van der Waals surface area contributed by atoms with Gasteiger partial charge in [0.05, 0.1) is 18.7 Å². The monoisotopic (exact) mass is 288 g/mol. The van der Waals surface area contributed by atoms with E-state index in [2.05, 4.69) is 36.5 Å². The van der Waals surface area contributed by atoms with E-state index in [0.717, 1.165) is 39.0 Å². The number of hydrogen-bond donors (Lipinski definition) is 1. The minimum absolute atomic E-state index is 0.173. The SMILES string of the molecule is C[C@@H]1c2ccccc2CCN1C(=O)CNC[C@@H]1CCCO1. The van der Waals surface area contributed by atoms with Crippen molar-refractivity contribution in [2.75, 3.05) is 26.2 Å². The molecule has 0 saturated carbocycles. The van der Waals surface area contributed by atoms with Gasteiger partial charge >= 0.3 is 0 Å². The molecule has 1 aromatic carbocycles. The molecular weight excluding hydrogens is 264 g/mol. The van der Waals surface area contributed by atoms with Gasteiger partial charge in [0, 0.05) is 19.7 Å². The maximum atomic E-state index is 12.4. The maximum Gasteiger partial charge on any atom is 0.237 e. The fraction of sp³-hybridized carbons (Fsp3) is 0.588. The highest BCUT2D eigenvalue weighted by Crippen LogP contribution is 2.28. The first-order chi connectivity index (χ1) is 10.3. The number of fused-ring (bicyclic) bond motifs is 1. The molecule has 4 nitrogen and oxygen atoms in total. The van der Waals surface area contributed by atoms with Crippen molar-refractivity contribution in [2.45, 2.75) is 38.3 Å². The predicted octanol–water partition coefficient (Wildman–Crippen LogP) is 1.90. The van der Waals surface area contributed by atoms with Crippen LogP contribution in [0.2, 0.25) is 0 Å². The Labute approximate surface area is 126 Å². The van der Waals surface area contributed by atoms with Crippen LogP contribution in [-0.2, 0) is 16.0 Å². The molecular formula is C17H24N2O2. The number of nitrogens with zero attached hydrogens (tertiary/aromatic N) is 1. The first-order valence-electron chi connectivity index (χ1n) is 7.95. The van der Waals surface area contributed by atoms with Gasteiger partial charge in [0.2, 0.25) is 5.91 Å². The van der Waals surface area contributed by atoms with E-state index in [4.69, 9.17) is 4.74 Å². The molecule has 1 N–H and O–H groups in total. The van der Waals surface area contributed by atoms with Crippen LogP contribution < -0.4 is 5.32 Å². The van der Waals surface area contributed by atoms with Crippen molar-refractivity contribution in [1.82, 2.24) is 10.2 Å². The van der Waals surface area contributed by atoms with Crippen LogP contribution in [0.1, 0.15) is 36.9 Å². The zero-order chi connectivity index (χ0) is 14.7. The van der Waals surface area contributed by atoms with E-state index in [1.54, 1.807) is 0 Å². The Bertz CT molecular complexity index is 497. The summed E-state index contributed by atoms with van der Waals surface area (Å²) >= 11 is 0.